The molecule has 0 bridgehead atoms. The Kier molecular flexibility index (Phi) is 7.02. The average Bonchev–Trinajstić information content (AvgIpc) is 3.29. The van der Waals surface area contributed by atoms with E-state index < -0.39 is 23.7 Å². The molecule has 11 heteroatoms. The topological polar surface area (TPSA) is 110 Å². The number of halogens is 4. The second-order valence-corrected chi connectivity index (χ2v) is 8.68. The van der Waals surface area contributed by atoms with Crippen LogP contribution in [0, 0.1) is 5.41 Å². The number of rotatable bonds is 5. The van der Waals surface area contributed by atoms with Gasteiger partial charge in [-0.2, -0.15) is 13.2 Å². The number of esters is 1. The number of carbonyl (C=O) groups is 2. The molecular formula is C25H19BrF3N3O4. The van der Waals surface area contributed by atoms with Gasteiger partial charge in [0.1, 0.15) is 17.3 Å². The first-order chi connectivity index (χ1) is 17.0. The number of benzene rings is 2. The van der Waals surface area contributed by atoms with Crippen LogP contribution in [0.5, 0.6) is 5.75 Å². The molecule has 3 aromatic rings. The molecule has 1 aromatic heterocycles. The predicted molar refractivity (Wildman–Crippen MR) is 129 cm³/mol. The molecule has 3 N–H and O–H groups in total. The number of hydrogen-bond acceptors (Lipinski definition) is 5. The standard InChI is InChI=1S/C25H19BrF3N3O4/c26-20-9-8-19(35-20)15-4-6-16(7-5-15)23(33)32-12-10-14(11-13-32)17-2-1-3-18(22(30)31)21(17)36-24(34)25(27,28)29/h1-10H,11-13H2,(H3,30,31). The largest absolute Gasteiger partial charge is 0.491 e. The number of amidine groups is 1. The Morgan fingerprint density at radius 2 is 1.81 bits per heavy atom. The number of ether oxygens (including phenoxy) is 1. The van der Waals surface area contributed by atoms with Crippen LogP contribution in [-0.4, -0.2) is 41.9 Å². The summed E-state index contributed by atoms with van der Waals surface area (Å²) in [7, 11) is 0. The summed E-state index contributed by atoms with van der Waals surface area (Å²) in [5.41, 5.74) is 7.44. The maximum atomic E-state index is 13.0. The molecular weight excluding hydrogens is 543 g/mol. The molecule has 0 saturated heterocycles. The van der Waals surface area contributed by atoms with Crippen molar-refractivity contribution in [2.75, 3.05) is 13.1 Å². The summed E-state index contributed by atoms with van der Waals surface area (Å²) in [6.07, 6.45) is -3.24. The summed E-state index contributed by atoms with van der Waals surface area (Å²) in [6.45, 7) is 0.479. The van der Waals surface area contributed by atoms with E-state index in [1.807, 2.05) is 0 Å². The zero-order valence-electron chi connectivity index (χ0n) is 18.6. The Morgan fingerprint density at radius 1 is 1.08 bits per heavy atom. The highest BCUT2D eigenvalue weighted by Crippen LogP contribution is 2.35. The van der Waals surface area contributed by atoms with Crippen LogP contribution in [-0.2, 0) is 4.79 Å². The van der Waals surface area contributed by atoms with Gasteiger partial charge in [-0.05, 0) is 58.3 Å². The maximum absolute atomic E-state index is 13.0. The third-order valence-electron chi connectivity index (χ3n) is 5.56. The Bertz CT molecular complexity index is 1360. The summed E-state index contributed by atoms with van der Waals surface area (Å²) in [5.74, 6) is -2.94. The average molecular weight is 562 g/mol. The normalized spacial score (nSPS) is 13.8. The van der Waals surface area contributed by atoms with Crippen molar-refractivity contribution in [3.05, 3.63) is 82.0 Å². The lowest BCUT2D eigenvalue weighted by Gasteiger charge is -2.27. The van der Waals surface area contributed by atoms with Gasteiger partial charge in [-0.1, -0.05) is 30.3 Å². The van der Waals surface area contributed by atoms with Crippen LogP contribution in [0.15, 0.2) is 69.8 Å². The Morgan fingerprint density at radius 3 is 2.36 bits per heavy atom. The summed E-state index contributed by atoms with van der Waals surface area (Å²) in [4.78, 5) is 26.1. The smallest absolute Gasteiger partial charge is 0.449 e. The van der Waals surface area contributed by atoms with Crippen LogP contribution >= 0.6 is 15.9 Å². The number of para-hydroxylation sites is 1. The first-order valence-corrected chi connectivity index (χ1v) is 11.4. The highest BCUT2D eigenvalue weighted by atomic mass is 79.9. The molecule has 7 nitrogen and oxygen atoms in total. The third kappa shape index (κ3) is 5.35. The zero-order chi connectivity index (χ0) is 26.0. The molecule has 0 fully saturated rings. The molecule has 4 rings (SSSR count). The van der Waals surface area contributed by atoms with Crippen molar-refractivity contribution in [1.82, 2.24) is 4.90 Å². The van der Waals surface area contributed by atoms with Crippen molar-refractivity contribution in [2.45, 2.75) is 12.6 Å². The van der Waals surface area contributed by atoms with E-state index in [0.717, 1.165) is 5.56 Å². The number of hydrogen-bond donors (Lipinski definition) is 2. The highest BCUT2D eigenvalue weighted by Gasteiger charge is 2.42. The van der Waals surface area contributed by atoms with Crippen LogP contribution in [0.2, 0.25) is 0 Å². The third-order valence-corrected chi connectivity index (χ3v) is 5.99. The molecule has 2 heterocycles. The first kappa shape index (κ1) is 25.2. The number of nitrogen functional groups attached to an aromatic ring is 1. The van der Waals surface area contributed by atoms with Gasteiger partial charge in [0.15, 0.2) is 4.67 Å². The zero-order valence-corrected chi connectivity index (χ0v) is 20.2. The van der Waals surface area contributed by atoms with Gasteiger partial charge in [-0.15, -0.1) is 0 Å². The number of nitrogens with one attached hydrogen (secondary N) is 1. The van der Waals surface area contributed by atoms with Gasteiger partial charge in [-0.25, -0.2) is 4.79 Å². The van der Waals surface area contributed by atoms with Crippen molar-refractivity contribution < 1.29 is 31.9 Å². The fourth-order valence-electron chi connectivity index (χ4n) is 3.79. The minimum Gasteiger partial charge on any atom is -0.449 e. The van der Waals surface area contributed by atoms with Crippen molar-refractivity contribution >= 4 is 39.2 Å². The van der Waals surface area contributed by atoms with E-state index in [-0.39, 0.29) is 30.1 Å². The van der Waals surface area contributed by atoms with Gasteiger partial charge in [0, 0.05) is 29.8 Å². The van der Waals surface area contributed by atoms with Crippen LogP contribution < -0.4 is 10.5 Å². The molecule has 186 valence electrons. The maximum Gasteiger partial charge on any atom is 0.491 e. The van der Waals surface area contributed by atoms with Gasteiger partial charge in [0.25, 0.3) is 5.91 Å². The number of nitrogens with two attached hydrogens (primary N) is 1. The minimum absolute atomic E-state index is 0.131. The van der Waals surface area contributed by atoms with Crippen LogP contribution in [0.1, 0.15) is 27.9 Å². The molecule has 1 aliphatic heterocycles. The Balaban J connectivity index is 1.54. The summed E-state index contributed by atoms with van der Waals surface area (Å²) in [5, 5.41) is 7.67. The van der Waals surface area contributed by atoms with Crippen LogP contribution in [0.3, 0.4) is 0 Å². The van der Waals surface area contributed by atoms with Gasteiger partial charge in [0.2, 0.25) is 0 Å². The van der Waals surface area contributed by atoms with Gasteiger partial charge < -0.3 is 19.8 Å². The molecule has 36 heavy (non-hydrogen) atoms. The summed E-state index contributed by atoms with van der Waals surface area (Å²) in [6, 6.07) is 14.8. The molecule has 0 aliphatic carbocycles. The molecule has 0 atom stereocenters. The lowest BCUT2D eigenvalue weighted by Crippen LogP contribution is -2.34. The molecule has 0 radical (unpaired) electrons. The number of nitrogens with zero attached hydrogens (tertiary/aromatic N) is 1. The molecule has 1 amide bonds. The van der Waals surface area contributed by atoms with Crippen molar-refractivity contribution in [3.63, 3.8) is 0 Å². The summed E-state index contributed by atoms with van der Waals surface area (Å²) < 4.78 is 49.3. The molecule has 2 aromatic carbocycles. The van der Waals surface area contributed by atoms with E-state index in [4.69, 9.17) is 15.6 Å². The molecule has 0 spiro atoms. The lowest BCUT2D eigenvalue weighted by atomic mass is 9.95. The Labute approximate surface area is 212 Å². The van der Waals surface area contributed by atoms with Crippen molar-refractivity contribution in [3.8, 4) is 17.1 Å². The number of furan rings is 1. The molecule has 1 aliphatic rings. The van der Waals surface area contributed by atoms with Crippen molar-refractivity contribution in [2.24, 2.45) is 5.73 Å². The van der Waals surface area contributed by atoms with Crippen LogP contribution in [0.4, 0.5) is 13.2 Å². The SMILES string of the molecule is N=C(N)c1cccc(C2=CCN(C(=O)c3ccc(-c4ccc(Br)o4)cc3)CC2)c1OC(=O)C(F)(F)F. The van der Waals surface area contributed by atoms with E-state index in [2.05, 4.69) is 20.7 Å². The molecule has 0 saturated carbocycles. The van der Waals surface area contributed by atoms with E-state index in [0.29, 0.717) is 28.0 Å². The predicted octanol–water partition coefficient (Wildman–Crippen LogP) is 5.39. The minimum atomic E-state index is -5.21. The highest BCUT2D eigenvalue weighted by molar-refractivity contribution is 9.10. The van der Waals surface area contributed by atoms with E-state index >= 15 is 0 Å². The molecule has 0 unspecified atom stereocenters. The van der Waals surface area contributed by atoms with E-state index in [9.17, 15) is 22.8 Å². The second-order valence-electron chi connectivity index (χ2n) is 7.89. The number of alkyl halides is 3. The summed E-state index contributed by atoms with van der Waals surface area (Å²) >= 11 is 3.25. The monoisotopic (exact) mass is 561 g/mol. The fourth-order valence-corrected chi connectivity index (χ4v) is 4.10. The van der Waals surface area contributed by atoms with Gasteiger partial charge in [-0.3, -0.25) is 10.2 Å². The lowest BCUT2D eigenvalue weighted by molar-refractivity contribution is -0.189. The number of carbonyl (C=O) groups excluding carboxylic acids is 2. The van der Waals surface area contributed by atoms with Crippen LogP contribution in [0.25, 0.3) is 16.9 Å². The van der Waals surface area contributed by atoms with Gasteiger partial charge in [0.05, 0.1) is 5.56 Å². The van der Waals surface area contributed by atoms with Crippen molar-refractivity contribution in [1.29, 1.82) is 5.41 Å². The first-order valence-electron chi connectivity index (χ1n) is 10.7. The van der Waals surface area contributed by atoms with Gasteiger partial charge >= 0.3 is 12.1 Å². The fraction of sp³-hybridized carbons (Fsp3) is 0.160. The Hall–Kier alpha value is -3.86. The quantitative estimate of drug-likeness (QED) is 0.188. The second kappa shape index (κ2) is 10.0. The number of amides is 1. The van der Waals surface area contributed by atoms with E-state index in [1.54, 1.807) is 47.4 Å². The van der Waals surface area contributed by atoms with E-state index in [1.165, 1.54) is 18.2 Å².